The van der Waals surface area contributed by atoms with Crippen LogP contribution in [0.25, 0.3) is 21.8 Å². The van der Waals surface area contributed by atoms with E-state index in [1.54, 1.807) is 6.20 Å². The van der Waals surface area contributed by atoms with Crippen molar-refractivity contribution in [2.45, 2.75) is 19.9 Å². The Labute approximate surface area is 121 Å². The van der Waals surface area contributed by atoms with Crippen molar-refractivity contribution < 1.29 is 4.79 Å². The van der Waals surface area contributed by atoms with E-state index >= 15 is 0 Å². The highest BCUT2D eigenvalue weighted by atomic mass is 35.5. The molecule has 0 radical (unpaired) electrons. The van der Waals surface area contributed by atoms with Crippen LogP contribution >= 0.6 is 11.6 Å². The summed E-state index contributed by atoms with van der Waals surface area (Å²) in [6, 6.07) is 7.53. The number of rotatable bonds is 2. The quantitative estimate of drug-likeness (QED) is 0.757. The first-order valence-electron chi connectivity index (χ1n) is 6.39. The Hall–Kier alpha value is -2.07. The van der Waals surface area contributed by atoms with Crippen molar-refractivity contribution in [2.75, 3.05) is 0 Å². The second-order valence-electron chi connectivity index (χ2n) is 4.86. The van der Waals surface area contributed by atoms with Crippen LogP contribution in [0, 0.1) is 0 Å². The van der Waals surface area contributed by atoms with Crippen LogP contribution in [0.3, 0.4) is 0 Å². The van der Waals surface area contributed by atoms with E-state index in [0.29, 0.717) is 5.02 Å². The number of aromatic nitrogens is 2. The van der Waals surface area contributed by atoms with Crippen molar-refractivity contribution in [2.24, 2.45) is 0 Å². The van der Waals surface area contributed by atoms with Crippen LogP contribution in [0.5, 0.6) is 0 Å². The average Bonchev–Trinajstić information content (AvgIpc) is 2.75. The number of nitrogens with zero attached hydrogens (tertiary/aromatic N) is 1. The normalized spacial score (nSPS) is 12.8. The Kier molecular flexibility index (Phi) is 3.10. The van der Waals surface area contributed by atoms with Gasteiger partial charge in [-0.2, -0.15) is 0 Å². The highest BCUT2D eigenvalue weighted by Gasteiger charge is 2.15. The summed E-state index contributed by atoms with van der Waals surface area (Å²) in [5.41, 5.74) is 2.77. The summed E-state index contributed by atoms with van der Waals surface area (Å²) in [6.45, 7) is 3.42. The Bertz CT molecular complexity index is 809. The van der Waals surface area contributed by atoms with Gasteiger partial charge in [-0.3, -0.25) is 9.78 Å². The predicted molar refractivity (Wildman–Crippen MR) is 80.8 cm³/mol. The number of benzene rings is 1. The molecule has 2 heterocycles. The molecule has 1 unspecified atom stereocenters. The summed E-state index contributed by atoms with van der Waals surface area (Å²) in [4.78, 5) is 19.0. The van der Waals surface area contributed by atoms with E-state index in [9.17, 15) is 4.79 Å². The first-order valence-corrected chi connectivity index (χ1v) is 6.77. The summed E-state index contributed by atoms with van der Waals surface area (Å²) in [5.74, 6) is -0.0736. The van der Waals surface area contributed by atoms with Gasteiger partial charge in [0.25, 0.3) is 0 Å². The molecule has 4 nitrogen and oxygen atoms in total. The van der Waals surface area contributed by atoms with Gasteiger partial charge in [-0.25, -0.2) is 0 Å². The first kappa shape index (κ1) is 12.9. The van der Waals surface area contributed by atoms with Gasteiger partial charge in [0.05, 0.1) is 17.3 Å². The zero-order chi connectivity index (χ0) is 14.3. The molecule has 1 atom stereocenters. The number of H-pyrrole nitrogens is 1. The highest BCUT2D eigenvalue weighted by molar-refractivity contribution is 6.31. The molecule has 0 bridgehead atoms. The number of nitrogens with one attached hydrogen (secondary N) is 2. The molecular formula is C15H14ClN3O. The fourth-order valence-corrected chi connectivity index (χ4v) is 2.69. The highest BCUT2D eigenvalue weighted by Crippen LogP contribution is 2.30. The third-order valence-corrected chi connectivity index (χ3v) is 3.58. The van der Waals surface area contributed by atoms with Gasteiger partial charge in [-0.05, 0) is 31.2 Å². The zero-order valence-electron chi connectivity index (χ0n) is 11.2. The van der Waals surface area contributed by atoms with E-state index < -0.39 is 0 Å². The van der Waals surface area contributed by atoms with Crippen molar-refractivity contribution in [3.63, 3.8) is 0 Å². The molecule has 20 heavy (non-hydrogen) atoms. The van der Waals surface area contributed by atoms with Gasteiger partial charge < -0.3 is 10.3 Å². The fourth-order valence-electron chi connectivity index (χ4n) is 2.52. The molecule has 0 aliphatic rings. The van der Waals surface area contributed by atoms with E-state index in [2.05, 4.69) is 15.3 Å². The molecule has 0 saturated heterocycles. The third kappa shape index (κ3) is 2.12. The molecule has 0 aliphatic carbocycles. The van der Waals surface area contributed by atoms with E-state index in [4.69, 9.17) is 11.6 Å². The van der Waals surface area contributed by atoms with Crippen molar-refractivity contribution in [1.82, 2.24) is 15.3 Å². The van der Waals surface area contributed by atoms with Gasteiger partial charge in [0.2, 0.25) is 5.91 Å². The average molecular weight is 288 g/mol. The summed E-state index contributed by atoms with van der Waals surface area (Å²) >= 11 is 6.06. The Morgan fingerprint density at radius 1 is 1.35 bits per heavy atom. The standard InChI is InChI=1S/C15H14ClN3O/c1-8(18-9(2)20)14-15-11(5-6-17-14)12-7-10(16)3-4-13(12)19-15/h3-8,19H,1-2H3,(H,18,20). The topological polar surface area (TPSA) is 57.8 Å². The number of carbonyl (C=O) groups is 1. The van der Waals surface area contributed by atoms with Crippen LogP contribution in [-0.4, -0.2) is 15.9 Å². The summed E-state index contributed by atoms with van der Waals surface area (Å²) in [7, 11) is 0. The molecule has 0 fully saturated rings. The molecule has 0 saturated carbocycles. The number of aromatic amines is 1. The molecule has 3 aromatic rings. The Morgan fingerprint density at radius 3 is 2.90 bits per heavy atom. The SMILES string of the molecule is CC(=O)NC(C)c1nccc2c1[nH]c1ccc(Cl)cc12. The van der Waals surface area contributed by atoms with Crippen LogP contribution in [0.1, 0.15) is 25.6 Å². The molecule has 3 rings (SSSR count). The summed E-state index contributed by atoms with van der Waals surface area (Å²) in [5, 5.41) is 5.68. The molecule has 1 amide bonds. The third-order valence-electron chi connectivity index (χ3n) is 3.34. The van der Waals surface area contributed by atoms with Gasteiger partial charge in [0.15, 0.2) is 0 Å². The number of carbonyl (C=O) groups excluding carboxylic acids is 1. The van der Waals surface area contributed by atoms with Crippen LogP contribution in [0.4, 0.5) is 0 Å². The molecule has 102 valence electrons. The lowest BCUT2D eigenvalue weighted by atomic mass is 10.1. The fraction of sp³-hybridized carbons (Fsp3) is 0.200. The maximum Gasteiger partial charge on any atom is 0.217 e. The number of hydrogen-bond acceptors (Lipinski definition) is 2. The summed E-state index contributed by atoms with van der Waals surface area (Å²) in [6.07, 6.45) is 1.75. The number of pyridine rings is 1. The second kappa shape index (κ2) is 4.80. The molecule has 2 aromatic heterocycles. The van der Waals surface area contributed by atoms with E-state index in [-0.39, 0.29) is 11.9 Å². The van der Waals surface area contributed by atoms with Gasteiger partial charge >= 0.3 is 0 Å². The van der Waals surface area contributed by atoms with Crippen molar-refractivity contribution in [3.05, 3.63) is 41.2 Å². The summed E-state index contributed by atoms with van der Waals surface area (Å²) < 4.78 is 0. The minimum atomic E-state index is -0.153. The smallest absolute Gasteiger partial charge is 0.217 e. The predicted octanol–water partition coefficient (Wildman–Crippen LogP) is 3.57. The van der Waals surface area contributed by atoms with Gasteiger partial charge in [-0.15, -0.1) is 0 Å². The van der Waals surface area contributed by atoms with Crippen molar-refractivity contribution in [3.8, 4) is 0 Å². The van der Waals surface area contributed by atoms with Crippen LogP contribution in [-0.2, 0) is 4.79 Å². The molecule has 1 aromatic carbocycles. The maximum atomic E-state index is 11.2. The van der Waals surface area contributed by atoms with E-state index in [1.807, 2.05) is 31.2 Å². The van der Waals surface area contributed by atoms with Gasteiger partial charge in [-0.1, -0.05) is 11.6 Å². The lowest BCUT2D eigenvalue weighted by Gasteiger charge is -2.12. The molecule has 2 N–H and O–H groups in total. The second-order valence-corrected chi connectivity index (χ2v) is 5.29. The minimum absolute atomic E-state index is 0.0736. The lowest BCUT2D eigenvalue weighted by Crippen LogP contribution is -2.24. The van der Waals surface area contributed by atoms with Gasteiger partial charge in [0, 0.05) is 34.4 Å². The van der Waals surface area contributed by atoms with Crippen LogP contribution in [0.15, 0.2) is 30.5 Å². The number of fused-ring (bicyclic) bond motifs is 3. The molecule has 5 heteroatoms. The monoisotopic (exact) mass is 287 g/mol. The van der Waals surface area contributed by atoms with E-state index in [1.165, 1.54) is 6.92 Å². The Morgan fingerprint density at radius 2 is 2.15 bits per heavy atom. The largest absolute Gasteiger partial charge is 0.353 e. The maximum absolute atomic E-state index is 11.2. The Balaban J connectivity index is 2.24. The minimum Gasteiger partial charge on any atom is -0.353 e. The van der Waals surface area contributed by atoms with Crippen LogP contribution < -0.4 is 5.32 Å². The lowest BCUT2D eigenvalue weighted by molar-refractivity contribution is -0.119. The van der Waals surface area contributed by atoms with Crippen LogP contribution in [0.2, 0.25) is 5.02 Å². The zero-order valence-corrected chi connectivity index (χ0v) is 12.0. The van der Waals surface area contributed by atoms with Gasteiger partial charge in [0.1, 0.15) is 0 Å². The number of amides is 1. The van der Waals surface area contributed by atoms with E-state index in [0.717, 1.165) is 27.5 Å². The molecular weight excluding hydrogens is 274 g/mol. The van der Waals surface area contributed by atoms with Crippen molar-refractivity contribution >= 4 is 39.3 Å². The number of halogens is 1. The molecule has 0 aliphatic heterocycles. The number of hydrogen-bond donors (Lipinski definition) is 2. The molecule has 0 spiro atoms. The first-order chi connectivity index (χ1) is 9.56. The van der Waals surface area contributed by atoms with Crippen molar-refractivity contribution in [1.29, 1.82) is 0 Å².